The highest BCUT2D eigenvalue weighted by Gasteiger charge is 2.09. The minimum Gasteiger partial charge on any atom is -0.370 e. The van der Waals surface area contributed by atoms with Crippen LogP contribution in [0, 0.1) is 10.1 Å². The number of nitro benzene ring substituents is 1. The molecule has 4 N–H and O–H groups in total. The van der Waals surface area contributed by atoms with Crippen molar-refractivity contribution < 1.29 is 9.72 Å². The molecule has 0 saturated heterocycles. The van der Waals surface area contributed by atoms with Crippen LogP contribution in [0.2, 0.25) is 0 Å². The number of aromatic nitrogens is 1. The fraction of sp³-hybridized carbons (Fsp3) is 0.0588. The van der Waals surface area contributed by atoms with Crippen molar-refractivity contribution in [2.24, 2.45) is 10.7 Å². The molecule has 8 nitrogen and oxygen atoms in total. The highest BCUT2D eigenvalue weighted by atomic mass is 16.6. The van der Waals surface area contributed by atoms with Crippen LogP contribution in [0.25, 0.3) is 10.9 Å². The quantitative estimate of drug-likeness (QED) is 0.291. The van der Waals surface area contributed by atoms with Crippen molar-refractivity contribution in [3.63, 3.8) is 0 Å². The lowest BCUT2D eigenvalue weighted by molar-refractivity contribution is -0.384. The zero-order valence-electron chi connectivity index (χ0n) is 13.1. The number of nitro groups is 1. The summed E-state index contributed by atoms with van der Waals surface area (Å²) in [6, 6.07) is 15.2. The van der Waals surface area contributed by atoms with E-state index in [2.05, 4.69) is 15.3 Å². The summed E-state index contributed by atoms with van der Waals surface area (Å²) in [7, 11) is 0. The molecule has 0 bridgehead atoms. The maximum Gasteiger partial charge on any atom is 0.296 e. The predicted molar refractivity (Wildman–Crippen MR) is 94.2 cm³/mol. The van der Waals surface area contributed by atoms with Gasteiger partial charge in [-0.05, 0) is 17.7 Å². The van der Waals surface area contributed by atoms with E-state index in [1.54, 1.807) is 18.2 Å². The molecule has 126 valence electrons. The lowest BCUT2D eigenvalue weighted by Crippen LogP contribution is -2.32. The van der Waals surface area contributed by atoms with Crippen molar-refractivity contribution >= 4 is 28.5 Å². The average molecular weight is 337 g/mol. The first-order valence-corrected chi connectivity index (χ1v) is 7.46. The van der Waals surface area contributed by atoms with Crippen molar-refractivity contribution in [2.45, 2.75) is 6.54 Å². The Balaban J connectivity index is 1.64. The van der Waals surface area contributed by atoms with Gasteiger partial charge in [-0.2, -0.15) is 4.99 Å². The van der Waals surface area contributed by atoms with Gasteiger partial charge >= 0.3 is 0 Å². The van der Waals surface area contributed by atoms with Crippen LogP contribution in [0.1, 0.15) is 16.1 Å². The number of para-hydroxylation sites is 1. The Bertz CT molecular complexity index is 927. The zero-order chi connectivity index (χ0) is 17.8. The molecule has 0 spiro atoms. The third-order valence-corrected chi connectivity index (χ3v) is 3.60. The molecule has 0 aliphatic carbocycles. The van der Waals surface area contributed by atoms with Gasteiger partial charge in [-0.25, -0.2) is 0 Å². The van der Waals surface area contributed by atoms with Gasteiger partial charge in [0.15, 0.2) is 5.96 Å². The molecule has 0 saturated carbocycles. The molecule has 0 unspecified atom stereocenters. The molecule has 1 aromatic heterocycles. The summed E-state index contributed by atoms with van der Waals surface area (Å²) in [6.45, 7) is 0.299. The van der Waals surface area contributed by atoms with Crippen LogP contribution in [0.15, 0.2) is 59.6 Å². The van der Waals surface area contributed by atoms with Crippen molar-refractivity contribution in [3.05, 3.63) is 76.0 Å². The van der Waals surface area contributed by atoms with Gasteiger partial charge in [0, 0.05) is 29.6 Å². The Morgan fingerprint density at radius 1 is 1.20 bits per heavy atom. The number of carbonyl (C=O) groups is 1. The summed E-state index contributed by atoms with van der Waals surface area (Å²) in [5.74, 6) is -0.507. The lowest BCUT2D eigenvalue weighted by atomic mass is 10.2. The van der Waals surface area contributed by atoms with E-state index < -0.39 is 10.8 Å². The maximum absolute atomic E-state index is 12.1. The molecule has 3 rings (SSSR count). The van der Waals surface area contributed by atoms with Crippen LogP contribution in [0.5, 0.6) is 0 Å². The SMILES string of the molecule is NC(=NC(=O)c1cc2ccccc2[nH]1)NCc1ccc([N+](=O)[O-])cc1. The summed E-state index contributed by atoms with van der Waals surface area (Å²) < 4.78 is 0. The summed E-state index contributed by atoms with van der Waals surface area (Å²) in [5, 5.41) is 14.3. The van der Waals surface area contributed by atoms with E-state index in [0.717, 1.165) is 16.5 Å². The van der Waals surface area contributed by atoms with Crippen molar-refractivity contribution in [3.8, 4) is 0 Å². The van der Waals surface area contributed by atoms with Crippen molar-refractivity contribution in [1.29, 1.82) is 0 Å². The van der Waals surface area contributed by atoms with E-state index in [4.69, 9.17) is 5.73 Å². The minimum atomic E-state index is -0.482. The van der Waals surface area contributed by atoms with Gasteiger partial charge < -0.3 is 16.0 Å². The summed E-state index contributed by atoms with van der Waals surface area (Å²) in [6.07, 6.45) is 0. The normalized spacial score (nSPS) is 11.4. The number of fused-ring (bicyclic) bond motifs is 1. The van der Waals surface area contributed by atoms with Gasteiger partial charge in [-0.15, -0.1) is 0 Å². The van der Waals surface area contributed by atoms with Crippen LogP contribution in [0.4, 0.5) is 5.69 Å². The molecule has 0 aliphatic heterocycles. The van der Waals surface area contributed by atoms with Gasteiger partial charge in [0.05, 0.1) is 4.92 Å². The minimum absolute atomic E-state index is 0.0133. The zero-order valence-corrected chi connectivity index (χ0v) is 13.1. The second-order valence-corrected chi connectivity index (χ2v) is 5.35. The van der Waals surface area contributed by atoms with Crippen LogP contribution in [0.3, 0.4) is 0 Å². The Kier molecular flexibility index (Phi) is 4.42. The summed E-state index contributed by atoms with van der Waals surface area (Å²) in [4.78, 5) is 29.1. The molecule has 2 aromatic carbocycles. The number of nitrogens with one attached hydrogen (secondary N) is 2. The van der Waals surface area contributed by atoms with Crippen molar-refractivity contribution in [2.75, 3.05) is 0 Å². The fourth-order valence-electron chi connectivity index (χ4n) is 2.33. The van der Waals surface area contributed by atoms with Gasteiger partial charge in [-0.3, -0.25) is 14.9 Å². The molecule has 3 aromatic rings. The Morgan fingerprint density at radius 2 is 1.92 bits per heavy atom. The number of hydrogen-bond donors (Lipinski definition) is 3. The number of aromatic amines is 1. The van der Waals surface area contributed by atoms with Gasteiger partial charge in [0.2, 0.25) is 0 Å². The van der Waals surface area contributed by atoms with E-state index >= 15 is 0 Å². The molecule has 25 heavy (non-hydrogen) atoms. The number of guanidine groups is 1. The monoisotopic (exact) mass is 337 g/mol. The number of carbonyl (C=O) groups excluding carboxylic acids is 1. The average Bonchev–Trinajstić information content (AvgIpc) is 3.04. The number of hydrogen-bond acceptors (Lipinski definition) is 3. The lowest BCUT2D eigenvalue weighted by Gasteiger charge is -2.04. The number of nitrogens with two attached hydrogens (primary N) is 1. The molecule has 1 amide bonds. The highest BCUT2D eigenvalue weighted by molar-refractivity contribution is 6.03. The van der Waals surface area contributed by atoms with Crippen LogP contribution >= 0.6 is 0 Å². The number of non-ortho nitro benzene ring substituents is 1. The van der Waals surface area contributed by atoms with Crippen LogP contribution in [-0.2, 0) is 6.54 Å². The van der Waals surface area contributed by atoms with Crippen LogP contribution < -0.4 is 11.1 Å². The second kappa shape index (κ2) is 6.83. The topological polar surface area (TPSA) is 126 Å². The molecule has 0 aliphatic rings. The number of aliphatic imine (C=N–C) groups is 1. The van der Waals surface area contributed by atoms with Crippen molar-refractivity contribution in [1.82, 2.24) is 10.3 Å². The second-order valence-electron chi connectivity index (χ2n) is 5.35. The first kappa shape index (κ1) is 16.2. The maximum atomic E-state index is 12.1. The van der Waals surface area contributed by atoms with Crippen LogP contribution in [-0.4, -0.2) is 21.8 Å². The fourth-order valence-corrected chi connectivity index (χ4v) is 2.33. The van der Waals surface area contributed by atoms with E-state index in [0.29, 0.717) is 12.2 Å². The molecule has 0 atom stereocenters. The third-order valence-electron chi connectivity index (χ3n) is 3.60. The Hall–Kier alpha value is -3.68. The summed E-state index contributed by atoms with van der Waals surface area (Å²) >= 11 is 0. The smallest absolute Gasteiger partial charge is 0.296 e. The Labute approximate surface area is 142 Å². The van der Waals surface area contributed by atoms with E-state index in [9.17, 15) is 14.9 Å². The third kappa shape index (κ3) is 3.81. The number of amides is 1. The number of nitrogens with zero attached hydrogens (tertiary/aromatic N) is 2. The Morgan fingerprint density at radius 3 is 2.60 bits per heavy atom. The first-order valence-electron chi connectivity index (χ1n) is 7.46. The highest BCUT2D eigenvalue weighted by Crippen LogP contribution is 2.15. The summed E-state index contributed by atoms with van der Waals surface area (Å²) in [5.41, 5.74) is 7.72. The molecule has 1 heterocycles. The predicted octanol–water partition coefficient (Wildman–Crippen LogP) is 2.32. The first-order chi connectivity index (χ1) is 12.0. The number of rotatable bonds is 4. The van der Waals surface area contributed by atoms with E-state index in [1.807, 2.05) is 24.3 Å². The molecular formula is C17H15N5O3. The largest absolute Gasteiger partial charge is 0.370 e. The van der Waals surface area contributed by atoms with E-state index in [-0.39, 0.29) is 11.6 Å². The van der Waals surface area contributed by atoms with E-state index in [1.165, 1.54) is 12.1 Å². The van der Waals surface area contributed by atoms with Gasteiger partial charge in [0.1, 0.15) is 5.69 Å². The standard InChI is InChI=1S/C17H15N5O3/c18-17(19-10-11-5-7-13(8-6-11)22(24)25)21-16(23)15-9-12-3-1-2-4-14(12)20-15/h1-9,20H,10H2,(H3,18,19,21,23). The molecule has 0 fully saturated rings. The molecular weight excluding hydrogens is 322 g/mol. The van der Waals surface area contributed by atoms with Gasteiger partial charge in [0.25, 0.3) is 11.6 Å². The number of H-pyrrole nitrogens is 1. The molecule has 8 heteroatoms. The van der Waals surface area contributed by atoms with Gasteiger partial charge in [-0.1, -0.05) is 30.3 Å². The number of benzene rings is 2. The molecule has 0 radical (unpaired) electrons.